The Morgan fingerprint density at radius 2 is 1.78 bits per heavy atom. The van der Waals surface area contributed by atoms with E-state index in [9.17, 15) is 18.0 Å². The second-order valence-electron chi connectivity index (χ2n) is 6.04. The van der Waals surface area contributed by atoms with Crippen molar-refractivity contribution in [1.82, 2.24) is 4.31 Å². The molecule has 7 nitrogen and oxygen atoms in total. The van der Waals surface area contributed by atoms with Crippen LogP contribution in [0.25, 0.3) is 0 Å². The number of sulfonamides is 1. The molecule has 0 amide bonds. The minimum Gasteiger partial charge on any atom is -0.465 e. The Hall–Kier alpha value is -2.23. The Bertz CT molecular complexity index is 976. The maximum Gasteiger partial charge on any atom is 0.348 e. The summed E-state index contributed by atoms with van der Waals surface area (Å²) in [7, 11) is 0.477. The Balaban J connectivity index is 2.23. The first kappa shape index (κ1) is 21.1. The summed E-state index contributed by atoms with van der Waals surface area (Å²) in [4.78, 5) is 25.0. The molecule has 0 radical (unpaired) electrons. The SMILES string of the molecule is COC(=O)c1ccc(COC(=O)c2cc(C)c(C)c(S(=O)(=O)N(C)C)c2)s1. The van der Waals surface area contributed by atoms with Crippen LogP contribution < -0.4 is 0 Å². The molecule has 0 unspecified atom stereocenters. The van der Waals surface area contributed by atoms with Crippen LogP contribution in [-0.2, 0) is 26.1 Å². The van der Waals surface area contributed by atoms with Crippen LogP contribution in [-0.4, -0.2) is 45.9 Å². The molecule has 9 heteroatoms. The van der Waals surface area contributed by atoms with Crippen molar-refractivity contribution in [1.29, 1.82) is 0 Å². The van der Waals surface area contributed by atoms with E-state index in [1.54, 1.807) is 32.0 Å². The number of aryl methyl sites for hydroxylation is 1. The third-order valence-electron chi connectivity index (χ3n) is 4.01. The van der Waals surface area contributed by atoms with Crippen molar-refractivity contribution in [2.45, 2.75) is 25.3 Å². The summed E-state index contributed by atoms with van der Waals surface area (Å²) >= 11 is 1.17. The van der Waals surface area contributed by atoms with Gasteiger partial charge in [-0.2, -0.15) is 0 Å². The molecular formula is C18H21NO6S2. The van der Waals surface area contributed by atoms with Crippen molar-refractivity contribution in [2.24, 2.45) is 0 Å². The van der Waals surface area contributed by atoms with Crippen molar-refractivity contribution in [3.63, 3.8) is 0 Å². The molecule has 0 aliphatic rings. The normalized spacial score (nSPS) is 11.5. The number of methoxy groups -OCH3 is 1. The first-order chi connectivity index (χ1) is 12.6. The molecule has 0 aliphatic carbocycles. The molecule has 2 aromatic rings. The van der Waals surface area contributed by atoms with Gasteiger partial charge in [0.1, 0.15) is 11.5 Å². The van der Waals surface area contributed by atoms with Gasteiger partial charge in [0.15, 0.2) is 0 Å². The zero-order chi connectivity index (χ0) is 20.4. The summed E-state index contributed by atoms with van der Waals surface area (Å²) in [6, 6.07) is 6.19. The van der Waals surface area contributed by atoms with Crippen LogP contribution in [0.4, 0.5) is 0 Å². The van der Waals surface area contributed by atoms with Crippen molar-refractivity contribution < 1.29 is 27.5 Å². The predicted molar refractivity (Wildman–Crippen MR) is 102 cm³/mol. The van der Waals surface area contributed by atoms with Crippen LogP contribution in [0.5, 0.6) is 0 Å². The average Bonchev–Trinajstić information content (AvgIpc) is 3.09. The molecule has 0 aliphatic heterocycles. The molecular weight excluding hydrogens is 390 g/mol. The van der Waals surface area contributed by atoms with Crippen LogP contribution in [0.2, 0.25) is 0 Å². The quantitative estimate of drug-likeness (QED) is 0.679. The molecule has 2 rings (SSSR count). The zero-order valence-corrected chi connectivity index (χ0v) is 17.4. The number of ether oxygens (including phenoxy) is 2. The van der Waals surface area contributed by atoms with Crippen LogP contribution in [0.3, 0.4) is 0 Å². The van der Waals surface area contributed by atoms with Crippen LogP contribution >= 0.6 is 11.3 Å². The van der Waals surface area contributed by atoms with Crippen LogP contribution in [0.1, 0.15) is 36.0 Å². The predicted octanol–water partition coefficient (Wildman–Crippen LogP) is 2.76. The number of carbonyl (C=O) groups excluding carboxylic acids is 2. The minimum atomic E-state index is -3.69. The number of rotatable bonds is 6. The lowest BCUT2D eigenvalue weighted by atomic mass is 10.1. The maximum atomic E-state index is 12.5. The monoisotopic (exact) mass is 411 g/mol. The maximum absolute atomic E-state index is 12.5. The number of hydrogen-bond donors (Lipinski definition) is 0. The Morgan fingerprint density at radius 3 is 2.37 bits per heavy atom. The lowest BCUT2D eigenvalue weighted by Gasteiger charge is -2.16. The van der Waals surface area contributed by atoms with Crippen LogP contribution in [0.15, 0.2) is 29.2 Å². The van der Waals surface area contributed by atoms with E-state index in [2.05, 4.69) is 4.74 Å². The summed E-state index contributed by atoms with van der Waals surface area (Å²) in [6.07, 6.45) is 0. The highest BCUT2D eigenvalue weighted by Crippen LogP contribution is 2.24. The van der Waals surface area contributed by atoms with Gasteiger partial charge in [-0.25, -0.2) is 22.3 Å². The molecule has 0 saturated carbocycles. The first-order valence-corrected chi connectivity index (χ1v) is 10.2. The molecule has 146 valence electrons. The third-order valence-corrected chi connectivity index (χ3v) is 6.99. The van der Waals surface area contributed by atoms with Crippen LogP contribution in [0, 0.1) is 13.8 Å². The number of nitrogens with zero attached hydrogens (tertiary/aromatic N) is 1. The first-order valence-electron chi connectivity index (χ1n) is 7.96. The molecule has 27 heavy (non-hydrogen) atoms. The van der Waals surface area contributed by atoms with E-state index in [-0.39, 0.29) is 17.1 Å². The van der Waals surface area contributed by atoms with Gasteiger partial charge in [0.2, 0.25) is 10.0 Å². The Kier molecular flexibility index (Phi) is 6.40. The fraction of sp³-hybridized carbons (Fsp3) is 0.333. The van der Waals surface area contributed by atoms with Gasteiger partial charge in [0.05, 0.1) is 17.6 Å². The van der Waals surface area contributed by atoms with Gasteiger partial charge in [0.25, 0.3) is 0 Å². The highest BCUT2D eigenvalue weighted by atomic mass is 32.2. The van der Waals surface area contributed by atoms with Crippen molar-refractivity contribution in [3.8, 4) is 0 Å². The van der Waals surface area contributed by atoms with E-state index >= 15 is 0 Å². The van der Waals surface area contributed by atoms with E-state index in [1.165, 1.54) is 38.6 Å². The standard InChI is InChI=1S/C18H21NO6S2/c1-11-8-13(9-16(12(11)2)27(22,23)19(3)4)17(20)25-10-14-6-7-15(26-14)18(21)24-5/h6-9H,10H2,1-5H3. The highest BCUT2D eigenvalue weighted by molar-refractivity contribution is 7.89. The zero-order valence-electron chi connectivity index (χ0n) is 15.7. The molecule has 1 aromatic heterocycles. The van der Waals surface area contributed by atoms with E-state index in [1.807, 2.05) is 0 Å². The van der Waals surface area contributed by atoms with Gasteiger partial charge < -0.3 is 9.47 Å². The van der Waals surface area contributed by atoms with Gasteiger partial charge in [0, 0.05) is 19.0 Å². The second kappa shape index (κ2) is 8.20. The fourth-order valence-corrected chi connectivity index (χ4v) is 4.35. The highest BCUT2D eigenvalue weighted by Gasteiger charge is 2.23. The third kappa shape index (κ3) is 4.55. The van der Waals surface area contributed by atoms with Gasteiger partial charge in [-0.3, -0.25) is 0 Å². The van der Waals surface area contributed by atoms with Crippen molar-refractivity contribution in [3.05, 3.63) is 50.7 Å². The topological polar surface area (TPSA) is 90.0 Å². The number of carbonyl (C=O) groups is 2. The minimum absolute atomic E-state index is 0.0246. The molecule has 0 spiro atoms. The Labute approximate surface area is 162 Å². The number of benzene rings is 1. The number of esters is 2. The molecule has 0 bridgehead atoms. The van der Waals surface area contributed by atoms with Gasteiger partial charge >= 0.3 is 11.9 Å². The van der Waals surface area contributed by atoms with E-state index < -0.39 is 22.0 Å². The Morgan fingerprint density at radius 1 is 1.11 bits per heavy atom. The fourth-order valence-electron chi connectivity index (χ4n) is 2.30. The van der Waals surface area contributed by atoms with Gasteiger partial charge in [-0.1, -0.05) is 0 Å². The summed E-state index contributed by atoms with van der Waals surface area (Å²) in [5.74, 6) is -1.09. The number of hydrogen-bond acceptors (Lipinski definition) is 7. The van der Waals surface area contributed by atoms with E-state index in [0.29, 0.717) is 20.9 Å². The summed E-state index contributed by atoms with van der Waals surface area (Å²) in [5.41, 5.74) is 1.42. The van der Waals surface area contributed by atoms with Crippen molar-refractivity contribution >= 4 is 33.3 Å². The van der Waals surface area contributed by atoms with Gasteiger partial charge in [-0.15, -0.1) is 11.3 Å². The molecule has 1 aromatic carbocycles. The second-order valence-corrected chi connectivity index (χ2v) is 9.33. The molecule has 0 atom stereocenters. The lowest BCUT2D eigenvalue weighted by Crippen LogP contribution is -2.23. The smallest absolute Gasteiger partial charge is 0.348 e. The summed E-state index contributed by atoms with van der Waals surface area (Å²) in [5, 5.41) is 0. The number of thiophene rings is 1. The van der Waals surface area contributed by atoms with Gasteiger partial charge in [-0.05, 0) is 49.2 Å². The molecule has 1 heterocycles. The molecule has 0 saturated heterocycles. The largest absolute Gasteiger partial charge is 0.465 e. The molecule has 0 fully saturated rings. The van der Waals surface area contributed by atoms with Crippen molar-refractivity contribution in [2.75, 3.05) is 21.2 Å². The van der Waals surface area contributed by atoms with E-state index in [0.717, 1.165) is 4.31 Å². The molecule has 0 N–H and O–H groups in total. The van der Waals surface area contributed by atoms with E-state index in [4.69, 9.17) is 4.74 Å². The lowest BCUT2D eigenvalue weighted by molar-refractivity contribution is 0.0476. The summed E-state index contributed by atoms with van der Waals surface area (Å²) < 4.78 is 36.0. The summed E-state index contributed by atoms with van der Waals surface area (Å²) in [6.45, 7) is 3.41. The average molecular weight is 412 g/mol.